The van der Waals surface area contributed by atoms with Gasteiger partial charge in [0.05, 0.1) is 31.5 Å². The van der Waals surface area contributed by atoms with Gasteiger partial charge < -0.3 is 23.8 Å². The minimum Gasteiger partial charge on any atom is -0.497 e. The molecule has 0 bridgehead atoms. The highest BCUT2D eigenvalue weighted by Crippen LogP contribution is 2.34. The van der Waals surface area contributed by atoms with Crippen LogP contribution in [0.25, 0.3) is 16.6 Å². The molecule has 9 heteroatoms. The number of nitrogens with zero attached hydrogens (tertiary/aromatic N) is 3. The Morgan fingerprint density at radius 1 is 1.03 bits per heavy atom. The summed E-state index contributed by atoms with van der Waals surface area (Å²) in [6.45, 7) is 1.95. The van der Waals surface area contributed by atoms with Crippen LogP contribution in [-0.4, -0.2) is 48.4 Å². The van der Waals surface area contributed by atoms with Gasteiger partial charge in [0, 0.05) is 12.6 Å². The van der Waals surface area contributed by atoms with Crippen molar-refractivity contribution < 1.29 is 23.7 Å². The quantitative estimate of drug-likeness (QED) is 0.406. The van der Waals surface area contributed by atoms with E-state index in [9.17, 15) is 9.59 Å². The van der Waals surface area contributed by atoms with Gasteiger partial charge in [-0.25, -0.2) is 4.98 Å². The van der Waals surface area contributed by atoms with E-state index in [1.54, 1.807) is 79.7 Å². The smallest absolute Gasteiger partial charge is 0.269 e. The standard InChI is InChI=1S/C27H25N3O6/c1-16(29(2)26(31)17-8-13-21-23(14-17)36-15-35-21)25-28-20-6-5-7-22(34-4)24(20)27(32)30(25)18-9-11-19(33-3)12-10-18/h5-14,16H,15H2,1-4H3. The highest BCUT2D eigenvalue weighted by molar-refractivity contribution is 5.95. The summed E-state index contributed by atoms with van der Waals surface area (Å²) in [5, 5.41) is 0.358. The van der Waals surface area contributed by atoms with Gasteiger partial charge in [0.15, 0.2) is 11.5 Å². The molecule has 1 atom stereocenters. The molecule has 1 aromatic heterocycles. The Hall–Kier alpha value is -4.53. The lowest BCUT2D eigenvalue weighted by molar-refractivity contribution is 0.0734. The van der Waals surface area contributed by atoms with Crippen molar-refractivity contribution in [1.29, 1.82) is 0 Å². The number of carbonyl (C=O) groups excluding carboxylic acids is 1. The molecule has 1 aliphatic rings. The minimum atomic E-state index is -0.562. The predicted molar refractivity (Wildman–Crippen MR) is 134 cm³/mol. The highest BCUT2D eigenvalue weighted by Gasteiger charge is 2.27. The molecule has 0 spiro atoms. The Kier molecular flexibility index (Phi) is 5.97. The Morgan fingerprint density at radius 3 is 2.50 bits per heavy atom. The lowest BCUT2D eigenvalue weighted by Crippen LogP contribution is -2.35. The van der Waals surface area contributed by atoms with Crippen LogP contribution >= 0.6 is 0 Å². The van der Waals surface area contributed by atoms with Crippen LogP contribution in [0.2, 0.25) is 0 Å². The van der Waals surface area contributed by atoms with E-state index in [-0.39, 0.29) is 18.3 Å². The molecule has 0 saturated heterocycles. The van der Waals surface area contributed by atoms with Gasteiger partial charge in [-0.1, -0.05) is 6.07 Å². The molecule has 3 aromatic carbocycles. The number of fused-ring (bicyclic) bond motifs is 2. The molecular weight excluding hydrogens is 462 g/mol. The Bertz CT molecular complexity index is 1510. The van der Waals surface area contributed by atoms with Crippen molar-refractivity contribution in [3.63, 3.8) is 0 Å². The summed E-state index contributed by atoms with van der Waals surface area (Å²) in [6.07, 6.45) is 0. The zero-order chi connectivity index (χ0) is 25.4. The van der Waals surface area contributed by atoms with E-state index in [1.807, 2.05) is 6.92 Å². The van der Waals surface area contributed by atoms with E-state index in [1.165, 1.54) is 11.7 Å². The molecule has 36 heavy (non-hydrogen) atoms. The second-order valence-electron chi connectivity index (χ2n) is 8.32. The first kappa shape index (κ1) is 23.2. The zero-order valence-electron chi connectivity index (χ0n) is 20.3. The van der Waals surface area contributed by atoms with Crippen molar-refractivity contribution in [3.8, 4) is 28.7 Å². The number of ether oxygens (including phenoxy) is 4. The summed E-state index contributed by atoms with van der Waals surface area (Å²) >= 11 is 0. The molecule has 1 amide bonds. The number of rotatable bonds is 6. The summed E-state index contributed by atoms with van der Waals surface area (Å²) in [5.74, 6) is 2.36. The molecular formula is C27H25N3O6. The lowest BCUT2D eigenvalue weighted by Gasteiger charge is -2.27. The average molecular weight is 488 g/mol. The molecule has 0 N–H and O–H groups in total. The first-order valence-electron chi connectivity index (χ1n) is 11.3. The largest absolute Gasteiger partial charge is 0.497 e. The van der Waals surface area contributed by atoms with Crippen molar-refractivity contribution in [3.05, 3.63) is 82.4 Å². The molecule has 5 rings (SSSR count). The van der Waals surface area contributed by atoms with E-state index in [0.29, 0.717) is 51.0 Å². The maximum atomic E-state index is 13.9. The Morgan fingerprint density at radius 2 is 1.78 bits per heavy atom. The van der Waals surface area contributed by atoms with Crippen LogP contribution in [0.1, 0.15) is 29.1 Å². The second-order valence-corrected chi connectivity index (χ2v) is 8.32. The fourth-order valence-corrected chi connectivity index (χ4v) is 4.23. The third-order valence-corrected chi connectivity index (χ3v) is 6.33. The van der Waals surface area contributed by atoms with Gasteiger partial charge in [0.1, 0.15) is 22.7 Å². The van der Waals surface area contributed by atoms with Crippen molar-refractivity contribution in [1.82, 2.24) is 14.5 Å². The van der Waals surface area contributed by atoms with Crippen molar-refractivity contribution in [2.75, 3.05) is 28.1 Å². The first-order valence-corrected chi connectivity index (χ1v) is 11.3. The van der Waals surface area contributed by atoms with Crippen LogP contribution in [0.3, 0.4) is 0 Å². The zero-order valence-corrected chi connectivity index (χ0v) is 20.3. The van der Waals surface area contributed by atoms with E-state index >= 15 is 0 Å². The van der Waals surface area contributed by atoms with Gasteiger partial charge in [-0.05, 0) is 61.5 Å². The van der Waals surface area contributed by atoms with Gasteiger partial charge in [-0.2, -0.15) is 0 Å². The molecule has 1 aliphatic heterocycles. The van der Waals surface area contributed by atoms with Crippen LogP contribution in [-0.2, 0) is 0 Å². The van der Waals surface area contributed by atoms with Crippen LogP contribution in [0, 0.1) is 0 Å². The summed E-state index contributed by atoms with van der Waals surface area (Å²) in [4.78, 5) is 33.7. The van der Waals surface area contributed by atoms with Crippen molar-refractivity contribution in [2.24, 2.45) is 0 Å². The Labute approximate surface area is 207 Å². The van der Waals surface area contributed by atoms with Crippen molar-refractivity contribution in [2.45, 2.75) is 13.0 Å². The van der Waals surface area contributed by atoms with Gasteiger partial charge in [0.2, 0.25) is 6.79 Å². The molecule has 0 saturated carbocycles. The Balaban J connectivity index is 1.63. The molecule has 9 nitrogen and oxygen atoms in total. The maximum absolute atomic E-state index is 13.9. The van der Waals surface area contributed by atoms with Gasteiger partial charge >= 0.3 is 0 Å². The fraction of sp³-hybridized carbons (Fsp3) is 0.222. The lowest BCUT2D eigenvalue weighted by atomic mass is 10.1. The first-order chi connectivity index (χ1) is 17.4. The third-order valence-electron chi connectivity index (χ3n) is 6.33. The molecule has 2 heterocycles. The van der Waals surface area contributed by atoms with Crippen molar-refractivity contribution >= 4 is 16.8 Å². The number of hydrogen-bond donors (Lipinski definition) is 0. The number of benzene rings is 3. The van der Waals surface area contributed by atoms with E-state index < -0.39 is 6.04 Å². The van der Waals surface area contributed by atoms with Crippen LogP contribution in [0.15, 0.2) is 65.5 Å². The van der Waals surface area contributed by atoms with Gasteiger partial charge in [0.25, 0.3) is 11.5 Å². The number of aromatic nitrogens is 2. The van der Waals surface area contributed by atoms with Gasteiger partial charge in [-0.3, -0.25) is 14.2 Å². The maximum Gasteiger partial charge on any atom is 0.269 e. The van der Waals surface area contributed by atoms with Crippen LogP contribution in [0.5, 0.6) is 23.0 Å². The molecule has 4 aromatic rings. The monoisotopic (exact) mass is 487 g/mol. The van der Waals surface area contributed by atoms with E-state index in [2.05, 4.69) is 0 Å². The summed E-state index contributed by atoms with van der Waals surface area (Å²) in [6, 6.07) is 16.8. The minimum absolute atomic E-state index is 0.123. The topological polar surface area (TPSA) is 92.1 Å². The molecule has 0 fully saturated rings. The van der Waals surface area contributed by atoms with E-state index in [0.717, 1.165) is 0 Å². The predicted octanol–water partition coefficient (Wildman–Crippen LogP) is 3.96. The second kappa shape index (κ2) is 9.26. The average Bonchev–Trinajstić information content (AvgIpc) is 3.39. The number of methoxy groups -OCH3 is 2. The van der Waals surface area contributed by atoms with E-state index in [4.69, 9.17) is 23.9 Å². The number of amides is 1. The van der Waals surface area contributed by atoms with Crippen LogP contribution < -0.4 is 24.5 Å². The summed E-state index contributed by atoms with van der Waals surface area (Å²) < 4.78 is 23.0. The third kappa shape index (κ3) is 3.88. The number of hydrogen-bond acceptors (Lipinski definition) is 7. The molecule has 0 radical (unpaired) electrons. The molecule has 1 unspecified atom stereocenters. The molecule has 184 valence electrons. The fourth-order valence-electron chi connectivity index (χ4n) is 4.23. The summed E-state index contributed by atoms with van der Waals surface area (Å²) in [7, 11) is 4.77. The number of carbonyl (C=O) groups is 1. The molecule has 0 aliphatic carbocycles. The summed E-state index contributed by atoms with van der Waals surface area (Å²) in [5.41, 5.74) is 1.21. The SMILES string of the molecule is COc1ccc(-n2c(C(C)N(C)C(=O)c3ccc4c(c3)OCO4)nc3cccc(OC)c3c2=O)cc1. The normalized spacial score (nSPS) is 12.9. The highest BCUT2D eigenvalue weighted by atomic mass is 16.7. The van der Waals surface area contributed by atoms with Gasteiger partial charge in [-0.15, -0.1) is 0 Å². The van der Waals surface area contributed by atoms with Crippen LogP contribution in [0.4, 0.5) is 0 Å².